The summed E-state index contributed by atoms with van der Waals surface area (Å²) in [5, 5.41) is 13.9. The number of nitrogens with zero attached hydrogens (tertiary/aromatic N) is 1. The van der Waals surface area contributed by atoms with Gasteiger partial charge in [-0.1, -0.05) is 11.6 Å². The van der Waals surface area contributed by atoms with E-state index in [9.17, 15) is 10.1 Å². The van der Waals surface area contributed by atoms with Crippen LogP contribution in [-0.2, 0) is 4.74 Å². The van der Waals surface area contributed by atoms with Crippen molar-refractivity contribution in [1.29, 1.82) is 0 Å². The molecule has 5 nitrogen and oxygen atoms in total. The van der Waals surface area contributed by atoms with Gasteiger partial charge in [0.05, 0.1) is 15.6 Å². The second kappa shape index (κ2) is 6.30. The number of hydrogen-bond donors (Lipinski definition) is 1. The molecule has 1 aromatic rings. The molecule has 0 saturated heterocycles. The van der Waals surface area contributed by atoms with Crippen LogP contribution in [0.25, 0.3) is 0 Å². The fourth-order valence-electron chi connectivity index (χ4n) is 1.20. The van der Waals surface area contributed by atoms with Crippen LogP contribution in [0, 0.1) is 10.1 Å². The van der Waals surface area contributed by atoms with Crippen molar-refractivity contribution in [2.24, 2.45) is 0 Å². The summed E-state index contributed by atoms with van der Waals surface area (Å²) in [4.78, 5) is 10.0. The monoisotopic (exact) mass is 244 g/mol. The Morgan fingerprint density at radius 1 is 1.56 bits per heavy atom. The van der Waals surface area contributed by atoms with Gasteiger partial charge >= 0.3 is 0 Å². The van der Waals surface area contributed by atoms with E-state index in [2.05, 4.69) is 5.32 Å². The average Bonchev–Trinajstić information content (AvgIpc) is 2.26. The summed E-state index contributed by atoms with van der Waals surface area (Å²) < 4.78 is 4.90. The molecular formula is C10H13ClN2O3. The van der Waals surface area contributed by atoms with Gasteiger partial charge in [0.25, 0.3) is 5.69 Å². The van der Waals surface area contributed by atoms with E-state index < -0.39 is 4.92 Å². The fourth-order valence-corrected chi connectivity index (χ4v) is 1.44. The van der Waals surface area contributed by atoms with Crippen molar-refractivity contribution in [2.75, 3.05) is 25.6 Å². The summed E-state index contributed by atoms with van der Waals surface area (Å²) in [7, 11) is 1.64. The van der Waals surface area contributed by atoms with Crippen LogP contribution in [0.2, 0.25) is 5.02 Å². The summed E-state index contributed by atoms with van der Waals surface area (Å²) in [6.07, 6.45) is 0.851. The number of ether oxygens (including phenoxy) is 1. The number of nitro groups is 1. The molecule has 0 unspecified atom stereocenters. The Balaban J connectivity index is 2.57. The van der Waals surface area contributed by atoms with Gasteiger partial charge in [0.15, 0.2) is 0 Å². The topological polar surface area (TPSA) is 64.4 Å². The summed E-state index contributed by atoms with van der Waals surface area (Å²) >= 11 is 5.89. The zero-order valence-electron chi connectivity index (χ0n) is 8.90. The summed E-state index contributed by atoms with van der Waals surface area (Å²) in [5.41, 5.74) is 0.691. The molecule has 1 rings (SSSR count). The number of anilines is 1. The van der Waals surface area contributed by atoms with Gasteiger partial charge in [0.2, 0.25) is 0 Å². The molecule has 0 aliphatic carbocycles. The van der Waals surface area contributed by atoms with Crippen LogP contribution in [0.4, 0.5) is 11.4 Å². The molecule has 0 spiro atoms. The molecule has 1 N–H and O–H groups in total. The molecule has 88 valence electrons. The van der Waals surface area contributed by atoms with Crippen LogP contribution in [0.5, 0.6) is 0 Å². The highest BCUT2D eigenvalue weighted by Gasteiger charge is 2.08. The second-order valence-corrected chi connectivity index (χ2v) is 3.60. The van der Waals surface area contributed by atoms with E-state index in [0.29, 0.717) is 23.9 Å². The van der Waals surface area contributed by atoms with Crippen LogP contribution in [-0.4, -0.2) is 25.2 Å². The summed E-state index contributed by atoms with van der Waals surface area (Å²) in [6.45, 7) is 1.38. The zero-order valence-corrected chi connectivity index (χ0v) is 9.66. The SMILES string of the molecule is COCCCNc1ccc([N+](=O)[O-])cc1Cl. The van der Waals surface area contributed by atoms with Crippen molar-refractivity contribution in [3.05, 3.63) is 33.3 Å². The largest absolute Gasteiger partial charge is 0.385 e. The standard InChI is InChI=1S/C10H13ClN2O3/c1-16-6-2-5-12-10-4-3-8(13(14)15)7-9(10)11/h3-4,7,12H,2,5-6H2,1H3. The summed E-state index contributed by atoms with van der Waals surface area (Å²) in [5.74, 6) is 0. The van der Waals surface area contributed by atoms with Crippen LogP contribution in [0.1, 0.15) is 6.42 Å². The number of methoxy groups -OCH3 is 1. The Morgan fingerprint density at radius 3 is 2.88 bits per heavy atom. The Kier molecular flexibility index (Phi) is 5.01. The van der Waals surface area contributed by atoms with E-state index in [1.807, 2.05) is 0 Å². The van der Waals surface area contributed by atoms with Crippen molar-refractivity contribution >= 4 is 23.0 Å². The lowest BCUT2D eigenvalue weighted by atomic mass is 10.2. The van der Waals surface area contributed by atoms with Gasteiger partial charge in [-0.25, -0.2) is 0 Å². The molecule has 6 heteroatoms. The van der Waals surface area contributed by atoms with E-state index in [4.69, 9.17) is 16.3 Å². The Hall–Kier alpha value is -1.33. The first-order valence-corrected chi connectivity index (χ1v) is 5.19. The number of hydrogen-bond acceptors (Lipinski definition) is 4. The average molecular weight is 245 g/mol. The van der Waals surface area contributed by atoms with Gasteiger partial charge in [-0.2, -0.15) is 0 Å². The molecule has 0 aliphatic rings. The molecule has 0 amide bonds. The van der Waals surface area contributed by atoms with E-state index >= 15 is 0 Å². The quantitative estimate of drug-likeness (QED) is 0.475. The van der Waals surface area contributed by atoms with Gasteiger partial charge < -0.3 is 10.1 Å². The van der Waals surface area contributed by atoms with E-state index in [1.165, 1.54) is 12.1 Å². The van der Waals surface area contributed by atoms with Crippen molar-refractivity contribution in [3.8, 4) is 0 Å². The van der Waals surface area contributed by atoms with Crippen LogP contribution in [0.15, 0.2) is 18.2 Å². The van der Waals surface area contributed by atoms with Crippen molar-refractivity contribution in [3.63, 3.8) is 0 Å². The second-order valence-electron chi connectivity index (χ2n) is 3.19. The van der Waals surface area contributed by atoms with Gasteiger partial charge in [-0.15, -0.1) is 0 Å². The number of benzene rings is 1. The van der Waals surface area contributed by atoms with Crippen LogP contribution in [0.3, 0.4) is 0 Å². The predicted octanol–water partition coefficient (Wildman–Crippen LogP) is 2.70. The van der Waals surface area contributed by atoms with E-state index in [-0.39, 0.29) is 5.69 Å². The van der Waals surface area contributed by atoms with Crippen LogP contribution >= 0.6 is 11.6 Å². The highest BCUT2D eigenvalue weighted by Crippen LogP contribution is 2.26. The Bertz CT molecular complexity index is 371. The smallest absolute Gasteiger partial charge is 0.271 e. The Labute approximate surface area is 98.5 Å². The minimum atomic E-state index is -0.472. The Morgan fingerprint density at radius 2 is 2.31 bits per heavy atom. The van der Waals surface area contributed by atoms with E-state index in [0.717, 1.165) is 6.42 Å². The third-order valence-corrected chi connectivity index (χ3v) is 2.32. The highest BCUT2D eigenvalue weighted by molar-refractivity contribution is 6.33. The maximum Gasteiger partial charge on any atom is 0.271 e. The van der Waals surface area contributed by atoms with Crippen molar-refractivity contribution in [1.82, 2.24) is 0 Å². The van der Waals surface area contributed by atoms with Gasteiger partial charge in [-0.05, 0) is 12.5 Å². The molecule has 0 atom stereocenters. The molecule has 0 radical (unpaired) electrons. The molecule has 1 aromatic carbocycles. The number of non-ortho nitro benzene ring substituents is 1. The maximum atomic E-state index is 10.5. The minimum Gasteiger partial charge on any atom is -0.385 e. The van der Waals surface area contributed by atoms with Gasteiger partial charge in [0, 0.05) is 32.4 Å². The van der Waals surface area contributed by atoms with E-state index in [1.54, 1.807) is 13.2 Å². The number of nitrogens with one attached hydrogen (secondary N) is 1. The molecule has 0 aromatic heterocycles. The first-order valence-electron chi connectivity index (χ1n) is 4.82. The third-order valence-electron chi connectivity index (χ3n) is 2.00. The number of rotatable bonds is 6. The maximum absolute atomic E-state index is 10.5. The third kappa shape index (κ3) is 3.67. The predicted molar refractivity (Wildman–Crippen MR) is 63.1 cm³/mol. The lowest BCUT2D eigenvalue weighted by molar-refractivity contribution is -0.384. The summed E-state index contributed by atoms with van der Waals surface area (Å²) in [6, 6.07) is 4.36. The minimum absolute atomic E-state index is 0.00700. The lowest BCUT2D eigenvalue weighted by Gasteiger charge is -2.07. The normalized spacial score (nSPS) is 10.1. The van der Waals surface area contributed by atoms with Gasteiger partial charge in [-0.3, -0.25) is 10.1 Å². The zero-order chi connectivity index (χ0) is 12.0. The fraction of sp³-hybridized carbons (Fsp3) is 0.400. The van der Waals surface area contributed by atoms with Crippen LogP contribution < -0.4 is 5.32 Å². The first-order chi connectivity index (χ1) is 7.65. The molecule has 0 bridgehead atoms. The molecule has 16 heavy (non-hydrogen) atoms. The number of halogens is 1. The molecule has 0 heterocycles. The number of nitro benzene ring substituents is 1. The molecule has 0 aliphatic heterocycles. The molecular weight excluding hydrogens is 232 g/mol. The van der Waals surface area contributed by atoms with Crippen molar-refractivity contribution in [2.45, 2.75) is 6.42 Å². The van der Waals surface area contributed by atoms with Gasteiger partial charge in [0.1, 0.15) is 0 Å². The molecule has 0 saturated carbocycles. The first kappa shape index (κ1) is 12.7. The molecule has 0 fully saturated rings. The highest BCUT2D eigenvalue weighted by atomic mass is 35.5. The van der Waals surface area contributed by atoms with Crippen molar-refractivity contribution < 1.29 is 9.66 Å². The lowest BCUT2D eigenvalue weighted by Crippen LogP contribution is -2.05.